The molecule has 2 saturated heterocycles. The van der Waals surface area contributed by atoms with Crippen LogP contribution in [0.15, 0.2) is 18.5 Å². The molecule has 2 fully saturated rings. The Hall–Kier alpha value is -1.91. The Balaban J connectivity index is 2.03. The molecule has 3 rings (SSSR count). The van der Waals surface area contributed by atoms with Crippen molar-refractivity contribution in [2.75, 3.05) is 11.4 Å². The fourth-order valence-corrected chi connectivity index (χ4v) is 3.02. The monoisotopic (exact) mass is 259 g/mol. The van der Waals surface area contributed by atoms with E-state index < -0.39 is 6.04 Å². The van der Waals surface area contributed by atoms with E-state index in [1.165, 1.54) is 0 Å². The number of hydrogen-bond donors (Lipinski definition) is 0. The molecule has 0 aliphatic carbocycles. The van der Waals surface area contributed by atoms with Gasteiger partial charge >= 0.3 is 0 Å². The summed E-state index contributed by atoms with van der Waals surface area (Å²) < 4.78 is 0. The highest BCUT2D eigenvalue weighted by molar-refractivity contribution is 6.08. The third-order valence-corrected chi connectivity index (χ3v) is 4.07. The number of aromatic nitrogens is 1. The summed E-state index contributed by atoms with van der Waals surface area (Å²) in [5, 5.41) is 0. The molecule has 2 amide bonds. The van der Waals surface area contributed by atoms with Crippen LogP contribution in [0.5, 0.6) is 0 Å². The summed E-state index contributed by atoms with van der Waals surface area (Å²) >= 11 is 0. The van der Waals surface area contributed by atoms with Gasteiger partial charge in [-0.15, -0.1) is 0 Å². The number of hydrogen-bond acceptors (Lipinski definition) is 3. The van der Waals surface area contributed by atoms with Gasteiger partial charge in [0, 0.05) is 12.7 Å². The minimum Gasteiger partial charge on any atom is -0.329 e. The van der Waals surface area contributed by atoms with Gasteiger partial charge in [-0.3, -0.25) is 19.5 Å². The van der Waals surface area contributed by atoms with Gasteiger partial charge in [-0.2, -0.15) is 0 Å². The third-order valence-electron chi connectivity index (χ3n) is 4.07. The summed E-state index contributed by atoms with van der Waals surface area (Å²) in [5.41, 5.74) is 1.72. The van der Waals surface area contributed by atoms with Crippen LogP contribution in [0.2, 0.25) is 0 Å². The van der Waals surface area contributed by atoms with Crippen LogP contribution < -0.4 is 4.90 Å². The molecule has 0 bridgehead atoms. The van der Waals surface area contributed by atoms with Gasteiger partial charge in [0.05, 0.1) is 11.9 Å². The topological polar surface area (TPSA) is 53.5 Å². The number of carbonyl (C=O) groups is 2. The molecular formula is C14H17N3O2. The molecule has 1 aromatic heterocycles. The van der Waals surface area contributed by atoms with Crippen molar-refractivity contribution in [1.82, 2.24) is 9.88 Å². The van der Waals surface area contributed by atoms with Crippen molar-refractivity contribution < 1.29 is 9.59 Å². The van der Waals surface area contributed by atoms with E-state index in [1.807, 2.05) is 13.0 Å². The number of pyridine rings is 1. The molecule has 0 N–H and O–H groups in total. The van der Waals surface area contributed by atoms with E-state index >= 15 is 0 Å². The fraction of sp³-hybridized carbons (Fsp3) is 0.500. The lowest BCUT2D eigenvalue weighted by Gasteiger charge is -2.41. The Morgan fingerprint density at radius 1 is 1.32 bits per heavy atom. The quantitative estimate of drug-likeness (QED) is 0.759. The van der Waals surface area contributed by atoms with E-state index in [2.05, 4.69) is 4.98 Å². The zero-order chi connectivity index (χ0) is 13.6. The van der Waals surface area contributed by atoms with Gasteiger partial charge in [-0.1, -0.05) is 0 Å². The molecule has 1 aromatic rings. The standard InChI is InChI=1S/C14H17N3O2/c1-9-5-6-15-8-12(9)17-10(2)13(18)16-7-3-4-11(16)14(17)19/h5-6,8,10-11H,3-4,7H2,1-2H3. The normalized spacial score (nSPS) is 26.8. The van der Waals surface area contributed by atoms with Gasteiger partial charge in [0.2, 0.25) is 5.91 Å². The van der Waals surface area contributed by atoms with Crippen molar-refractivity contribution >= 4 is 17.5 Å². The predicted molar refractivity (Wildman–Crippen MR) is 70.7 cm³/mol. The van der Waals surface area contributed by atoms with Gasteiger partial charge < -0.3 is 4.90 Å². The summed E-state index contributed by atoms with van der Waals surface area (Å²) in [7, 11) is 0. The molecule has 0 spiro atoms. The Bertz CT molecular complexity index is 543. The van der Waals surface area contributed by atoms with E-state index in [-0.39, 0.29) is 17.9 Å². The van der Waals surface area contributed by atoms with Crippen molar-refractivity contribution in [2.24, 2.45) is 0 Å². The highest BCUT2D eigenvalue weighted by atomic mass is 16.2. The summed E-state index contributed by atoms with van der Waals surface area (Å²) in [6.07, 6.45) is 5.05. The third kappa shape index (κ3) is 1.72. The Morgan fingerprint density at radius 2 is 2.11 bits per heavy atom. The molecule has 0 saturated carbocycles. The maximum absolute atomic E-state index is 12.6. The molecule has 5 heteroatoms. The van der Waals surface area contributed by atoms with Crippen LogP contribution in [0, 0.1) is 6.92 Å². The molecule has 0 radical (unpaired) electrons. The second kappa shape index (κ2) is 4.33. The van der Waals surface area contributed by atoms with Crippen molar-refractivity contribution in [2.45, 2.75) is 38.8 Å². The van der Waals surface area contributed by atoms with Gasteiger partial charge in [-0.25, -0.2) is 0 Å². The van der Waals surface area contributed by atoms with Crippen LogP contribution >= 0.6 is 0 Å². The highest BCUT2D eigenvalue weighted by Gasteiger charge is 2.46. The van der Waals surface area contributed by atoms with Crippen molar-refractivity contribution in [3.8, 4) is 0 Å². The van der Waals surface area contributed by atoms with Crippen LogP contribution in [0.1, 0.15) is 25.3 Å². The van der Waals surface area contributed by atoms with Crippen LogP contribution in [-0.2, 0) is 9.59 Å². The molecule has 2 unspecified atom stereocenters. The highest BCUT2D eigenvalue weighted by Crippen LogP contribution is 2.31. The summed E-state index contributed by atoms with van der Waals surface area (Å²) in [5.74, 6) is 0.0750. The molecule has 5 nitrogen and oxygen atoms in total. The zero-order valence-corrected chi connectivity index (χ0v) is 11.2. The van der Waals surface area contributed by atoms with Crippen LogP contribution in [0.3, 0.4) is 0 Å². The number of anilines is 1. The molecule has 2 aliphatic rings. The zero-order valence-electron chi connectivity index (χ0n) is 11.2. The summed E-state index contributed by atoms with van der Waals surface area (Å²) in [4.78, 5) is 32.4. The smallest absolute Gasteiger partial charge is 0.250 e. The van der Waals surface area contributed by atoms with E-state index in [1.54, 1.807) is 29.1 Å². The van der Waals surface area contributed by atoms with Gasteiger partial charge in [-0.05, 0) is 38.3 Å². The number of amides is 2. The van der Waals surface area contributed by atoms with Crippen molar-refractivity contribution in [1.29, 1.82) is 0 Å². The van der Waals surface area contributed by atoms with E-state index in [0.29, 0.717) is 6.54 Å². The molecular weight excluding hydrogens is 242 g/mol. The molecule has 2 atom stereocenters. The van der Waals surface area contributed by atoms with Gasteiger partial charge in [0.25, 0.3) is 5.91 Å². The number of nitrogens with zero attached hydrogens (tertiary/aromatic N) is 3. The van der Waals surface area contributed by atoms with Crippen LogP contribution in [0.4, 0.5) is 5.69 Å². The maximum Gasteiger partial charge on any atom is 0.250 e. The lowest BCUT2D eigenvalue weighted by molar-refractivity contribution is -0.143. The SMILES string of the molecule is Cc1ccncc1N1C(=O)C2CCCN2C(=O)C1C. The number of carbonyl (C=O) groups excluding carboxylic acids is 2. The number of piperazine rings is 1. The lowest BCUT2D eigenvalue weighted by atomic mass is 10.0. The van der Waals surface area contributed by atoms with Gasteiger partial charge in [0.1, 0.15) is 12.1 Å². The average molecular weight is 259 g/mol. The Morgan fingerprint density at radius 3 is 2.84 bits per heavy atom. The molecule has 0 aromatic carbocycles. The minimum atomic E-state index is -0.440. The van der Waals surface area contributed by atoms with Crippen LogP contribution in [0.25, 0.3) is 0 Å². The van der Waals surface area contributed by atoms with E-state index in [9.17, 15) is 9.59 Å². The Kier molecular flexibility index (Phi) is 2.77. The first kappa shape index (κ1) is 12.1. The van der Waals surface area contributed by atoms with Crippen LogP contribution in [-0.4, -0.2) is 40.3 Å². The second-order valence-corrected chi connectivity index (χ2v) is 5.24. The minimum absolute atomic E-state index is 0.0284. The number of rotatable bonds is 1. The van der Waals surface area contributed by atoms with E-state index in [0.717, 1.165) is 24.1 Å². The molecule has 3 heterocycles. The number of aryl methyl sites for hydroxylation is 1. The number of fused-ring (bicyclic) bond motifs is 1. The van der Waals surface area contributed by atoms with Gasteiger partial charge in [0.15, 0.2) is 0 Å². The Labute approximate surface area is 112 Å². The first-order chi connectivity index (χ1) is 9.11. The summed E-state index contributed by atoms with van der Waals surface area (Å²) in [6, 6.07) is 1.15. The maximum atomic E-state index is 12.6. The van der Waals surface area contributed by atoms with Crippen molar-refractivity contribution in [3.05, 3.63) is 24.0 Å². The fourth-order valence-electron chi connectivity index (χ4n) is 3.02. The second-order valence-electron chi connectivity index (χ2n) is 5.24. The first-order valence-electron chi connectivity index (χ1n) is 6.65. The van der Waals surface area contributed by atoms with E-state index in [4.69, 9.17) is 0 Å². The average Bonchev–Trinajstić information content (AvgIpc) is 2.88. The summed E-state index contributed by atoms with van der Waals surface area (Å²) in [6.45, 7) is 4.43. The first-order valence-corrected chi connectivity index (χ1v) is 6.65. The van der Waals surface area contributed by atoms with Crippen molar-refractivity contribution in [3.63, 3.8) is 0 Å². The molecule has 100 valence electrons. The lowest BCUT2D eigenvalue weighted by Crippen LogP contribution is -2.62. The molecule has 2 aliphatic heterocycles. The largest absolute Gasteiger partial charge is 0.329 e. The molecule has 19 heavy (non-hydrogen) atoms. The predicted octanol–water partition coefficient (Wildman–Crippen LogP) is 1.12.